The Bertz CT molecular complexity index is 577. The van der Waals surface area contributed by atoms with Gasteiger partial charge in [-0.15, -0.1) is 0 Å². The number of halogens is 1. The Morgan fingerprint density at radius 1 is 1.37 bits per heavy atom. The molecule has 0 spiro atoms. The van der Waals surface area contributed by atoms with E-state index in [2.05, 4.69) is 15.9 Å². The SMILES string of the molecule is COC12C(=O)N(C)C(=O)N1Cc1ccccc1C2Br. The minimum Gasteiger partial charge on any atom is -0.349 e. The zero-order chi connectivity index (χ0) is 13.8. The predicted molar refractivity (Wildman–Crippen MR) is 71.6 cm³/mol. The monoisotopic (exact) mass is 324 g/mol. The van der Waals surface area contributed by atoms with Gasteiger partial charge >= 0.3 is 6.03 Å². The van der Waals surface area contributed by atoms with Crippen LogP contribution in [0.1, 0.15) is 16.0 Å². The third-order valence-electron chi connectivity index (χ3n) is 3.84. The van der Waals surface area contributed by atoms with Crippen LogP contribution in [0.2, 0.25) is 0 Å². The number of benzene rings is 1. The lowest BCUT2D eigenvalue weighted by Crippen LogP contribution is -2.56. The van der Waals surface area contributed by atoms with Gasteiger partial charge in [0.1, 0.15) is 0 Å². The fourth-order valence-corrected chi connectivity index (χ4v) is 3.88. The quantitative estimate of drug-likeness (QED) is 0.585. The van der Waals surface area contributed by atoms with Crippen molar-refractivity contribution >= 4 is 27.9 Å². The molecule has 0 radical (unpaired) electrons. The van der Waals surface area contributed by atoms with E-state index in [1.54, 1.807) is 0 Å². The van der Waals surface area contributed by atoms with Gasteiger partial charge in [0.15, 0.2) is 0 Å². The Morgan fingerprint density at radius 3 is 2.74 bits per heavy atom. The maximum atomic E-state index is 12.4. The van der Waals surface area contributed by atoms with Gasteiger partial charge in [0, 0.05) is 14.2 Å². The molecule has 19 heavy (non-hydrogen) atoms. The van der Waals surface area contributed by atoms with Crippen LogP contribution in [0.4, 0.5) is 4.79 Å². The minimum atomic E-state index is -1.28. The molecule has 0 saturated carbocycles. The van der Waals surface area contributed by atoms with Crippen LogP contribution in [0.3, 0.4) is 0 Å². The molecule has 0 aliphatic carbocycles. The van der Waals surface area contributed by atoms with Crippen molar-refractivity contribution in [3.63, 3.8) is 0 Å². The van der Waals surface area contributed by atoms with Crippen molar-refractivity contribution in [3.8, 4) is 0 Å². The molecule has 2 aliphatic heterocycles. The van der Waals surface area contributed by atoms with Gasteiger partial charge in [-0.05, 0) is 11.1 Å². The van der Waals surface area contributed by atoms with Crippen molar-refractivity contribution in [2.45, 2.75) is 17.1 Å². The zero-order valence-corrected chi connectivity index (χ0v) is 12.2. The summed E-state index contributed by atoms with van der Waals surface area (Å²) >= 11 is 3.54. The Labute approximate surface area is 119 Å². The molecule has 0 N–H and O–H groups in total. The van der Waals surface area contributed by atoms with E-state index in [0.717, 1.165) is 16.0 Å². The van der Waals surface area contributed by atoms with Gasteiger partial charge in [0.2, 0.25) is 5.72 Å². The van der Waals surface area contributed by atoms with Gasteiger partial charge in [-0.2, -0.15) is 0 Å². The average molecular weight is 325 g/mol. The van der Waals surface area contributed by atoms with E-state index in [9.17, 15) is 9.59 Å². The topological polar surface area (TPSA) is 49.9 Å². The number of carbonyl (C=O) groups is 2. The molecule has 1 fully saturated rings. The number of hydrogen-bond acceptors (Lipinski definition) is 3. The summed E-state index contributed by atoms with van der Waals surface area (Å²) in [6.45, 7) is 0.376. The summed E-state index contributed by atoms with van der Waals surface area (Å²) in [5.41, 5.74) is 0.728. The number of imide groups is 1. The van der Waals surface area contributed by atoms with E-state index < -0.39 is 5.72 Å². The zero-order valence-electron chi connectivity index (χ0n) is 10.6. The highest BCUT2D eigenvalue weighted by atomic mass is 79.9. The van der Waals surface area contributed by atoms with E-state index in [1.165, 1.54) is 19.1 Å². The van der Waals surface area contributed by atoms with Crippen LogP contribution < -0.4 is 0 Å². The van der Waals surface area contributed by atoms with Crippen LogP contribution in [-0.4, -0.2) is 41.6 Å². The van der Waals surface area contributed by atoms with Crippen LogP contribution >= 0.6 is 15.9 Å². The number of urea groups is 1. The number of nitrogens with zero attached hydrogens (tertiary/aromatic N) is 2. The van der Waals surface area contributed by atoms with Crippen molar-refractivity contribution < 1.29 is 14.3 Å². The maximum absolute atomic E-state index is 12.4. The van der Waals surface area contributed by atoms with Crippen molar-refractivity contribution in [1.82, 2.24) is 9.80 Å². The molecule has 1 aromatic carbocycles. The predicted octanol–water partition coefficient (Wildman–Crippen LogP) is 1.87. The Hall–Kier alpha value is -1.40. The fourth-order valence-electron chi connectivity index (χ4n) is 2.80. The van der Waals surface area contributed by atoms with Crippen molar-refractivity contribution in [2.75, 3.05) is 14.2 Å². The van der Waals surface area contributed by atoms with E-state index in [-0.39, 0.29) is 16.8 Å². The molecule has 2 atom stereocenters. The second kappa shape index (κ2) is 4.05. The normalized spacial score (nSPS) is 29.5. The number of amides is 3. The number of likely N-dealkylation sites (N-methyl/N-ethyl adjacent to an activating group) is 1. The molecular weight excluding hydrogens is 312 g/mol. The third kappa shape index (κ3) is 1.38. The van der Waals surface area contributed by atoms with Crippen LogP contribution in [0, 0.1) is 0 Å². The summed E-state index contributed by atoms with van der Waals surface area (Å²) in [7, 11) is 2.94. The summed E-state index contributed by atoms with van der Waals surface area (Å²) in [6.07, 6.45) is 0. The second-order valence-corrected chi connectivity index (χ2v) is 5.61. The van der Waals surface area contributed by atoms with E-state index >= 15 is 0 Å². The molecule has 0 bridgehead atoms. The van der Waals surface area contributed by atoms with Gasteiger partial charge in [-0.25, -0.2) is 4.79 Å². The number of carbonyl (C=O) groups excluding carboxylic acids is 2. The first-order valence-electron chi connectivity index (χ1n) is 5.90. The highest BCUT2D eigenvalue weighted by molar-refractivity contribution is 9.09. The van der Waals surface area contributed by atoms with Crippen molar-refractivity contribution in [1.29, 1.82) is 0 Å². The van der Waals surface area contributed by atoms with E-state index in [1.807, 2.05) is 24.3 Å². The van der Waals surface area contributed by atoms with Crippen molar-refractivity contribution in [3.05, 3.63) is 35.4 Å². The first-order valence-corrected chi connectivity index (χ1v) is 6.82. The highest BCUT2D eigenvalue weighted by Gasteiger charge is 2.63. The number of hydrogen-bond donors (Lipinski definition) is 0. The fraction of sp³-hybridized carbons (Fsp3) is 0.385. The minimum absolute atomic E-state index is 0.328. The van der Waals surface area contributed by atoms with Gasteiger partial charge < -0.3 is 4.74 Å². The van der Waals surface area contributed by atoms with Crippen molar-refractivity contribution in [2.24, 2.45) is 0 Å². The lowest BCUT2D eigenvalue weighted by atomic mass is 9.91. The van der Waals surface area contributed by atoms with Gasteiger partial charge in [0.05, 0.1) is 11.4 Å². The number of ether oxygens (including phenoxy) is 1. The van der Waals surface area contributed by atoms with Crippen LogP contribution in [0.15, 0.2) is 24.3 Å². The number of alkyl halides is 1. The van der Waals surface area contributed by atoms with Crippen LogP contribution in [0.25, 0.3) is 0 Å². The molecule has 1 saturated heterocycles. The van der Waals surface area contributed by atoms with Crippen LogP contribution in [-0.2, 0) is 16.1 Å². The molecule has 2 heterocycles. The lowest BCUT2D eigenvalue weighted by Gasteiger charge is -2.42. The number of rotatable bonds is 1. The summed E-state index contributed by atoms with van der Waals surface area (Å²) in [5.74, 6) is -0.337. The second-order valence-electron chi connectivity index (χ2n) is 4.69. The first-order chi connectivity index (χ1) is 9.04. The number of fused-ring (bicyclic) bond motifs is 2. The Balaban J connectivity index is 2.21. The largest absolute Gasteiger partial charge is 0.349 e. The molecule has 5 nitrogen and oxygen atoms in total. The molecule has 1 aromatic rings. The maximum Gasteiger partial charge on any atom is 0.329 e. The Kier molecular flexibility index (Phi) is 2.69. The third-order valence-corrected chi connectivity index (χ3v) is 4.96. The summed E-state index contributed by atoms with van der Waals surface area (Å²) in [5, 5.41) is 0. The highest BCUT2D eigenvalue weighted by Crippen LogP contribution is 2.49. The standard InChI is InChI=1S/C13H13BrN2O3/c1-15-11(17)13(19-2)10(14)9-6-4-3-5-8(9)7-16(13)12(15)18/h3-6,10H,7H2,1-2H3. The molecule has 2 unspecified atom stereocenters. The molecule has 6 heteroatoms. The van der Waals surface area contributed by atoms with Gasteiger partial charge in [-0.1, -0.05) is 40.2 Å². The summed E-state index contributed by atoms with van der Waals surface area (Å²) in [4.78, 5) is 26.9. The molecule has 100 valence electrons. The Morgan fingerprint density at radius 2 is 2.05 bits per heavy atom. The van der Waals surface area contributed by atoms with Crippen LogP contribution in [0.5, 0.6) is 0 Å². The average Bonchev–Trinajstić information content (AvgIpc) is 2.62. The smallest absolute Gasteiger partial charge is 0.329 e. The summed E-state index contributed by atoms with van der Waals surface area (Å²) in [6, 6.07) is 7.41. The molecular formula is C13H13BrN2O3. The lowest BCUT2D eigenvalue weighted by molar-refractivity contribution is -0.161. The van der Waals surface area contributed by atoms with Gasteiger partial charge in [0.25, 0.3) is 5.91 Å². The first kappa shape index (κ1) is 12.6. The molecule has 3 amide bonds. The number of methoxy groups -OCH3 is 1. The summed E-state index contributed by atoms with van der Waals surface area (Å²) < 4.78 is 5.49. The molecule has 3 rings (SSSR count). The van der Waals surface area contributed by atoms with E-state index in [0.29, 0.717) is 6.54 Å². The van der Waals surface area contributed by atoms with Gasteiger partial charge in [-0.3, -0.25) is 14.6 Å². The molecule has 2 aliphatic rings. The molecule has 0 aromatic heterocycles. The van der Waals surface area contributed by atoms with E-state index in [4.69, 9.17) is 4.74 Å².